The molecule has 5 heteroatoms. The predicted octanol–water partition coefficient (Wildman–Crippen LogP) is 0.396. The lowest BCUT2D eigenvalue weighted by Crippen LogP contribution is -2.54. The second kappa shape index (κ2) is 4.07. The summed E-state index contributed by atoms with van der Waals surface area (Å²) in [7, 11) is 1.97. The highest BCUT2D eigenvalue weighted by Gasteiger charge is 2.34. The van der Waals surface area contributed by atoms with Crippen molar-refractivity contribution in [2.24, 2.45) is 7.05 Å². The summed E-state index contributed by atoms with van der Waals surface area (Å²) in [5.41, 5.74) is -0.252. The predicted molar refractivity (Wildman–Crippen MR) is 61.5 cm³/mol. The van der Waals surface area contributed by atoms with Gasteiger partial charge in [-0.15, -0.1) is 0 Å². The largest absolute Gasteiger partial charge is 0.394 e. The molecular formula is C11H19N3O2. The van der Waals surface area contributed by atoms with Crippen LogP contribution in [-0.4, -0.2) is 46.1 Å². The number of aryl methyl sites for hydroxylation is 1. The van der Waals surface area contributed by atoms with E-state index in [2.05, 4.69) is 9.88 Å². The van der Waals surface area contributed by atoms with Gasteiger partial charge in [-0.1, -0.05) is 0 Å². The van der Waals surface area contributed by atoms with E-state index >= 15 is 0 Å². The Morgan fingerprint density at radius 1 is 1.62 bits per heavy atom. The average molecular weight is 225 g/mol. The van der Waals surface area contributed by atoms with E-state index in [9.17, 15) is 5.11 Å². The van der Waals surface area contributed by atoms with Crippen LogP contribution in [0.3, 0.4) is 0 Å². The standard InChI is InChI=1S/C11H19N3O2/c1-11(2)8-14(6-9(7-15)16-11)10-12-4-5-13(10)3/h4-5,9,15H,6-8H2,1-3H3. The zero-order valence-corrected chi connectivity index (χ0v) is 10.1. The maximum Gasteiger partial charge on any atom is 0.205 e. The SMILES string of the molecule is Cn1ccnc1N1CC(CO)OC(C)(C)C1. The Balaban J connectivity index is 2.19. The smallest absolute Gasteiger partial charge is 0.205 e. The molecule has 0 radical (unpaired) electrons. The van der Waals surface area contributed by atoms with Gasteiger partial charge in [0, 0.05) is 32.5 Å². The van der Waals surface area contributed by atoms with E-state index in [-0.39, 0.29) is 18.3 Å². The molecule has 5 nitrogen and oxygen atoms in total. The third-order valence-electron chi connectivity index (χ3n) is 2.76. The number of hydrogen-bond donors (Lipinski definition) is 1. The van der Waals surface area contributed by atoms with E-state index in [1.54, 1.807) is 6.20 Å². The van der Waals surface area contributed by atoms with E-state index in [4.69, 9.17) is 4.74 Å². The number of nitrogens with zero attached hydrogens (tertiary/aromatic N) is 3. The van der Waals surface area contributed by atoms with Crippen LogP contribution in [-0.2, 0) is 11.8 Å². The van der Waals surface area contributed by atoms with Gasteiger partial charge in [0.25, 0.3) is 0 Å². The van der Waals surface area contributed by atoms with E-state index in [0.717, 1.165) is 12.5 Å². The topological polar surface area (TPSA) is 50.5 Å². The van der Waals surface area contributed by atoms with Crippen molar-refractivity contribution in [3.8, 4) is 0 Å². The first-order valence-electron chi connectivity index (χ1n) is 5.53. The Morgan fingerprint density at radius 2 is 2.38 bits per heavy atom. The highest BCUT2D eigenvalue weighted by molar-refractivity contribution is 5.33. The van der Waals surface area contributed by atoms with E-state index < -0.39 is 0 Å². The minimum atomic E-state index is -0.252. The summed E-state index contributed by atoms with van der Waals surface area (Å²) in [4.78, 5) is 6.48. The summed E-state index contributed by atoms with van der Waals surface area (Å²) in [6.45, 7) is 5.58. The van der Waals surface area contributed by atoms with E-state index in [1.807, 2.05) is 31.7 Å². The van der Waals surface area contributed by atoms with Gasteiger partial charge in [-0.3, -0.25) is 0 Å². The highest BCUT2D eigenvalue weighted by atomic mass is 16.5. The number of aliphatic hydroxyl groups is 1. The molecule has 1 N–H and O–H groups in total. The summed E-state index contributed by atoms with van der Waals surface area (Å²) in [5, 5.41) is 9.23. The van der Waals surface area contributed by atoms with Crippen LogP contribution in [0.15, 0.2) is 12.4 Å². The second-order valence-electron chi connectivity index (χ2n) is 4.90. The van der Waals surface area contributed by atoms with E-state index in [1.165, 1.54) is 0 Å². The number of morpholine rings is 1. The fourth-order valence-electron chi connectivity index (χ4n) is 2.21. The third kappa shape index (κ3) is 2.20. The molecule has 0 spiro atoms. The quantitative estimate of drug-likeness (QED) is 0.791. The molecule has 2 heterocycles. The maximum atomic E-state index is 9.23. The molecule has 0 amide bonds. The Bertz CT molecular complexity index is 362. The van der Waals surface area contributed by atoms with Crippen molar-refractivity contribution in [3.63, 3.8) is 0 Å². The molecule has 1 fully saturated rings. The van der Waals surface area contributed by atoms with Gasteiger partial charge in [-0.2, -0.15) is 0 Å². The molecule has 1 atom stereocenters. The normalized spacial score (nSPS) is 24.8. The van der Waals surface area contributed by atoms with Gasteiger partial charge < -0.3 is 19.3 Å². The molecule has 16 heavy (non-hydrogen) atoms. The molecule has 90 valence electrons. The molecule has 1 saturated heterocycles. The Morgan fingerprint density at radius 3 is 2.94 bits per heavy atom. The lowest BCUT2D eigenvalue weighted by molar-refractivity contribution is -0.101. The molecule has 0 saturated carbocycles. The molecule has 1 aliphatic heterocycles. The Hall–Kier alpha value is -1.07. The number of aromatic nitrogens is 2. The van der Waals surface area contributed by atoms with Crippen molar-refractivity contribution >= 4 is 5.95 Å². The van der Waals surface area contributed by atoms with Crippen LogP contribution in [0.2, 0.25) is 0 Å². The average Bonchev–Trinajstić information content (AvgIpc) is 2.62. The fraction of sp³-hybridized carbons (Fsp3) is 0.727. The van der Waals surface area contributed by atoms with Crippen molar-refractivity contribution in [2.45, 2.75) is 25.6 Å². The number of imidazole rings is 1. The summed E-state index contributed by atoms with van der Waals surface area (Å²) in [6, 6.07) is 0. The molecule has 1 unspecified atom stereocenters. The second-order valence-corrected chi connectivity index (χ2v) is 4.90. The van der Waals surface area contributed by atoms with Gasteiger partial charge in [-0.05, 0) is 13.8 Å². The minimum absolute atomic E-state index is 0.0460. The minimum Gasteiger partial charge on any atom is -0.394 e. The molecule has 0 aliphatic carbocycles. The molecule has 1 aromatic heterocycles. The maximum absolute atomic E-state index is 9.23. The van der Waals surface area contributed by atoms with Gasteiger partial charge in [0.15, 0.2) is 0 Å². The summed E-state index contributed by atoms with van der Waals surface area (Å²) in [6.07, 6.45) is 3.57. The van der Waals surface area contributed by atoms with Crippen LogP contribution < -0.4 is 4.90 Å². The lowest BCUT2D eigenvalue weighted by atomic mass is 10.1. The molecular weight excluding hydrogens is 206 g/mol. The molecule has 1 aromatic rings. The van der Waals surface area contributed by atoms with Crippen molar-refractivity contribution in [1.29, 1.82) is 0 Å². The summed E-state index contributed by atoms with van der Waals surface area (Å²) >= 11 is 0. The number of aliphatic hydroxyl groups excluding tert-OH is 1. The number of hydrogen-bond acceptors (Lipinski definition) is 4. The summed E-state index contributed by atoms with van der Waals surface area (Å²) in [5.74, 6) is 0.926. The zero-order chi connectivity index (χ0) is 11.8. The van der Waals surface area contributed by atoms with Gasteiger partial charge in [0.05, 0.1) is 18.3 Å². The van der Waals surface area contributed by atoms with Gasteiger partial charge in [-0.25, -0.2) is 4.98 Å². The van der Waals surface area contributed by atoms with Gasteiger partial charge >= 0.3 is 0 Å². The summed E-state index contributed by atoms with van der Waals surface area (Å²) < 4.78 is 7.74. The van der Waals surface area contributed by atoms with Gasteiger partial charge in [0.1, 0.15) is 0 Å². The molecule has 0 aromatic carbocycles. The number of rotatable bonds is 2. The zero-order valence-electron chi connectivity index (χ0n) is 10.1. The van der Waals surface area contributed by atoms with Crippen molar-refractivity contribution in [1.82, 2.24) is 9.55 Å². The van der Waals surface area contributed by atoms with Crippen molar-refractivity contribution in [3.05, 3.63) is 12.4 Å². The number of ether oxygens (including phenoxy) is 1. The first-order chi connectivity index (χ1) is 7.52. The van der Waals surface area contributed by atoms with Crippen LogP contribution >= 0.6 is 0 Å². The van der Waals surface area contributed by atoms with E-state index in [0.29, 0.717) is 6.54 Å². The van der Waals surface area contributed by atoms with Gasteiger partial charge in [0.2, 0.25) is 5.95 Å². The van der Waals surface area contributed by atoms with Crippen LogP contribution in [0.4, 0.5) is 5.95 Å². The van der Waals surface area contributed by atoms with Crippen molar-refractivity contribution < 1.29 is 9.84 Å². The fourth-order valence-corrected chi connectivity index (χ4v) is 2.21. The van der Waals surface area contributed by atoms with Crippen LogP contribution in [0.25, 0.3) is 0 Å². The lowest BCUT2D eigenvalue weighted by Gasteiger charge is -2.42. The highest BCUT2D eigenvalue weighted by Crippen LogP contribution is 2.24. The number of anilines is 1. The Kier molecular flexibility index (Phi) is 2.90. The molecule has 0 bridgehead atoms. The Labute approximate surface area is 95.7 Å². The third-order valence-corrected chi connectivity index (χ3v) is 2.76. The van der Waals surface area contributed by atoms with Crippen LogP contribution in [0.1, 0.15) is 13.8 Å². The first-order valence-corrected chi connectivity index (χ1v) is 5.53. The molecule has 1 aliphatic rings. The van der Waals surface area contributed by atoms with Crippen LogP contribution in [0, 0.1) is 0 Å². The van der Waals surface area contributed by atoms with Crippen molar-refractivity contribution in [2.75, 3.05) is 24.6 Å². The van der Waals surface area contributed by atoms with Crippen LogP contribution in [0.5, 0.6) is 0 Å². The monoisotopic (exact) mass is 225 g/mol. The first kappa shape index (κ1) is 11.4. The molecule has 2 rings (SSSR count).